The summed E-state index contributed by atoms with van der Waals surface area (Å²) in [5.74, 6) is 0.989. The molecular weight excluding hydrogens is 238 g/mol. The fourth-order valence-electron chi connectivity index (χ4n) is 3.20. The van der Waals surface area contributed by atoms with Crippen LogP contribution in [-0.4, -0.2) is 47.1 Å². The Hall–Kier alpha value is -1.20. The van der Waals surface area contributed by atoms with E-state index in [1.54, 1.807) is 6.20 Å². The lowest BCUT2D eigenvalue weighted by atomic mass is 10.2. The van der Waals surface area contributed by atoms with E-state index < -0.39 is 0 Å². The van der Waals surface area contributed by atoms with Gasteiger partial charge in [0, 0.05) is 38.8 Å². The van der Waals surface area contributed by atoms with Crippen LogP contribution >= 0.6 is 0 Å². The number of nitrogens with zero attached hydrogens (tertiary/aromatic N) is 4. The van der Waals surface area contributed by atoms with Gasteiger partial charge in [-0.2, -0.15) is 0 Å². The minimum Gasteiger partial charge on any atom is -0.353 e. The molecule has 104 valence electrons. The van der Waals surface area contributed by atoms with Gasteiger partial charge in [-0.1, -0.05) is 12.8 Å². The predicted molar refractivity (Wildman–Crippen MR) is 76.0 cm³/mol. The average Bonchev–Trinajstić information content (AvgIpc) is 3.02. The molecule has 0 amide bonds. The Bertz CT molecular complexity index is 391. The number of anilines is 1. The van der Waals surface area contributed by atoms with E-state index in [0.29, 0.717) is 6.54 Å². The fourth-order valence-corrected chi connectivity index (χ4v) is 3.20. The van der Waals surface area contributed by atoms with Crippen molar-refractivity contribution in [3.63, 3.8) is 0 Å². The second-order valence-corrected chi connectivity index (χ2v) is 5.53. The van der Waals surface area contributed by atoms with E-state index in [0.717, 1.165) is 43.7 Å². The maximum atomic E-state index is 5.54. The van der Waals surface area contributed by atoms with Crippen LogP contribution in [0.15, 0.2) is 12.4 Å². The molecule has 2 N–H and O–H groups in total. The molecule has 0 spiro atoms. The number of rotatable bonds is 3. The highest BCUT2D eigenvalue weighted by molar-refractivity contribution is 5.36. The van der Waals surface area contributed by atoms with E-state index in [1.807, 2.05) is 6.20 Å². The van der Waals surface area contributed by atoms with Crippen LogP contribution < -0.4 is 10.6 Å². The van der Waals surface area contributed by atoms with Crippen LogP contribution in [0.3, 0.4) is 0 Å². The summed E-state index contributed by atoms with van der Waals surface area (Å²) in [5.41, 5.74) is 6.40. The zero-order chi connectivity index (χ0) is 13.1. The maximum absolute atomic E-state index is 5.54. The lowest BCUT2D eigenvalue weighted by Gasteiger charge is -2.38. The molecule has 1 aromatic rings. The summed E-state index contributed by atoms with van der Waals surface area (Å²) >= 11 is 0. The number of hydrogen-bond donors (Lipinski definition) is 1. The van der Waals surface area contributed by atoms with Crippen molar-refractivity contribution in [1.29, 1.82) is 0 Å². The molecule has 1 aliphatic heterocycles. The Morgan fingerprint density at radius 1 is 1.05 bits per heavy atom. The smallest absolute Gasteiger partial charge is 0.147 e. The molecule has 5 nitrogen and oxygen atoms in total. The van der Waals surface area contributed by atoms with E-state index in [9.17, 15) is 0 Å². The first-order valence-corrected chi connectivity index (χ1v) is 7.37. The maximum Gasteiger partial charge on any atom is 0.147 e. The molecular formula is C14H23N5. The minimum atomic E-state index is 0.461. The van der Waals surface area contributed by atoms with Crippen molar-refractivity contribution in [1.82, 2.24) is 14.9 Å². The van der Waals surface area contributed by atoms with Crippen LogP contribution in [0.25, 0.3) is 0 Å². The summed E-state index contributed by atoms with van der Waals surface area (Å²) in [4.78, 5) is 13.8. The van der Waals surface area contributed by atoms with Gasteiger partial charge in [-0.15, -0.1) is 0 Å². The van der Waals surface area contributed by atoms with Gasteiger partial charge in [0.05, 0.1) is 18.1 Å². The zero-order valence-corrected chi connectivity index (χ0v) is 11.5. The van der Waals surface area contributed by atoms with Gasteiger partial charge in [0.1, 0.15) is 5.82 Å². The molecule has 2 aliphatic rings. The molecule has 0 radical (unpaired) electrons. The minimum absolute atomic E-state index is 0.461. The van der Waals surface area contributed by atoms with Crippen molar-refractivity contribution in [3.05, 3.63) is 18.1 Å². The van der Waals surface area contributed by atoms with Gasteiger partial charge >= 0.3 is 0 Å². The van der Waals surface area contributed by atoms with Crippen LogP contribution in [-0.2, 0) is 6.54 Å². The predicted octanol–water partition coefficient (Wildman–Crippen LogP) is 1.000. The molecule has 1 aliphatic carbocycles. The van der Waals surface area contributed by atoms with Gasteiger partial charge in [0.2, 0.25) is 0 Å². The van der Waals surface area contributed by atoms with E-state index in [4.69, 9.17) is 5.73 Å². The van der Waals surface area contributed by atoms with Gasteiger partial charge in [0.15, 0.2) is 0 Å². The summed E-state index contributed by atoms with van der Waals surface area (Å²) in [6, 6.07) is 0.841. The van der Waals surface area contributed by atoms with Crippen molar-refractivity contribution in [2.45, 2.75) is 38.3 Å². The lowest BCUT2D eigenvalue weighted by molar-refractivity contribution is 0.187. The molecule has 3 rings (SSSR count). The molecule has 0 unspecified atom stereocenters. The molecule has 2 heterocycles. The van der Waals surface area contributed by atoms with Crippen LogP contribution in [0.4, 0.5) is 5.82 Å². The third-order valence-electron chi connectivity index (χ3n) is 4.38. The van der Waals surface area contributed by atoms with Crippen molar-refractivity contribution in [2.75, 3.05) is 31.1 Å². The highest BCUT2D eigenvalue weighted by Gasteiger charge is 2.26. The van der Waals surface area contributed by atoms with Crippen LogP contribution in [0.2, 0.25) is 0 Å². The highest BCUT2D eigenvalue weighted by Crippen LogP contribution is 2.25. The molecule has 5 heteroatoms. The molecule has 1 saturated heterocycles. The van der Waals surface area contributed by atoms with Crippen molar-refractivity contribution in [2.24, 2.45) is 5.73 Å². The summed E-state index contributed by atoms with van der Waals surface area (Å²) in [6.45, 7) is 4.90. The molecule has 1 aromatic heterocycles. The van der Waals surface area contributed by atoms with Crippen LogP contribution in [0, 0.1) is 0 Å². The number of hydrogen-bond acceptors (Lipinski definition) is 5. The van der Waals surface area contributed by atoms with E-state index in [2.05, 4.69) is 19.8 Å². The van der Waals surface area contributed by atoms with Crippen molar-refractivity contribution in [3.8, 4) is 0 Å². The second kappa shape index (κ2) is 5.84. The van der Waals surface area contributed by atoms with Crippen molar-refractivity contribution < 1.29 is 0 Å². The molecule has 1 saturated carbocycles. The summed E-state index contributed by atoms with van der Waals surface area (Å²) in [5, 5.41) is 0. The zero-order valence-electron chi connectivity index (χ0n) is 11.5. The first-order valence-electron chi connectivity index (χ1n) is 7.37. The van der Waals surface area contributed by atoms with Gasteiger partial charge in [-0.3, -0.25) is 9.88 Å². The molecule has 19 heavy (non-hydrogen) atoms. The normalized spacial score (nSPS) is 22.1. The Morgan fingerprint density at radius 2 is 1.79 bits per heavy atom. The number of piperazine rings is 1. The van der Waals surface area contributed by atoms with Crippen LogP contribution in [0.1, 0.15) is 31.4 Å². The largest absolute Gasteiger partial charge is 0.353 e. The second-order valence-electron chi connectivity index (χ2n) is 5.53. The first-order chi connectivity index (χ1) is 9.36. The van der Waals surface area contributed by atoms with E-state index >= 15 is 0 Å². The van der Waals surface area contributed by atoms with Crippen LogP contribution in [0.5, 0.6) is 0 Å². The fraction of sp³-hybridized carbons (Fsp3) is 0.714. The topological polar surface area (TPSA) is 58.3 Å². The molecule has 0 atom stereocenters. The Morgan fingerprint density at radius 3 is 2.37 bits per heavy atom. The van der Waals surface area contributed by atoms with E-state index in [-0.39, 0.29) is 0 Å². The van der Waals surface area contributed by atoms with Gasteiger partial charge < -0.3 is 10.6 Å². The number of aromatic nitrogens is 2. The third kappa shape index (κ3) is 2.87. The Labute approximate surface area is 114 Å². The summed E-state index contributed by atoms with van der Waals surface area (Å²) in [7, 11) is 0. The van der Waals surface area contributed by atoms with E-state index in [1.165, 1.54) is 25.7 Å². The Kier molecular flexibility index (Phi) is 3.94. The van der Waals surface area contributed by atoms with Gasteiger partial charge in [0.25, 0.3) is 0 Å². The lowest BCUT2D eigenvalue weighted by Crippen LogP contribution is -2.50. The highest BCUT2D eigenvalue weighted by atomic mass is 15.3. The van der Waals surface area contributed by atoms with Crippen molar-refractivity contribution >= 4 is 5.82 Å². The van der Waals surface area contributed by atoms with Gasteiger partial charge in [-0.25, -0.2) is 4.98 Å². The average molecular weight is 261 g/mol. The SMILES string of the molecule is NCc1cnc(N2CCN(C3CCCC3)CC2)cn1. The monoisotopic (exact) mass is 261 g/mol. The molecule has 2 fully saturated rings. The third-order valence-corrected chi connectivity index (χ3v) is 4.38. The molecule has 0 aromatic carbocycles. The summed E-state index contributed by atoms with van der Waals surface area (Å²) in [6.07, 6.45) is 9.26. The Balaban J connectivity index is 1.56. The standard InChI is InChI=1S/C14H23N5/c15-9-12-10-17-14(11-16-12)19-7-5-18(6-8-19)13-3-1-2-4-13/h10-11,13H,1-9,15H2. The first kappa shape index (κ1) is 12.8. The summed E-state index contributed by atoms with van der Waals surface area (Å²) < 4.78 is 0. The van der Waals surface area contributed by atoms with Gasteiger partial charge in [-0.05, 0) is 12.8 Å². The number of nitrogens with two attached hydrogens (primary N) is 1. The quantitative estimate of drug-likeness (QED) is 0.879. The molecule has 0 bridgehead atoms.